The maximum Gasteiger partial charge on any atom is 0.270 e. The van der Waals surface area contributed by atoms with Crippen LogP contribution in [-0.2, 0) is 0 Å². The molecule has 1 amide bonds. The lowest BCUT2D eigenvalue weighted by Gasteiger charge is -2.13. The molecule has 0 aliphatic carbocycles. The lowest BCUT2D eigenvalue weighted by Crippen LogP contribution is -2.26. The fourth-order valence-electron chi connectivity index (χ4n) is 1.12. The number of carbonyl (C=O) groups is 1. The van der Waals surface area contributed by atoms with Gasteiger partial charge in [0.05, 0.1) is 4.92 Å². The van der Waals surface area contributed by atoms with E-state index in [2.05, 4.69) is 0 Å². The Kier molecular flexibility index (Phi) is 3.38. The van der Waals surface area contributed by atoms with E-state index in [4.69, 9.17) is 0 Å². The van der Waals surface area contributed by atoms with E-state index < -0.39 is 4.92 Å². The first-order chi connectivity index (χ1) is 7.06. The summed E-state index contributed by atoms with van der Waals surface area (Å²) in [4.78, 5) is 23.1. The van der Waals surface area contributed by atoms with Crippen LogP contribution in [0.25, 0.3) is 0 Å². The molecule has 0 aromatic heterocycles. The molecule has 1 aromatic rings. The first kappa shape index (κ1) is 11.2. The van der Waals surface area contributed by atoms with Gasteiger partial charge in [0.15, 0.2) is 0 Å². The van der Waals surface area contributed by atoms with Gasteiger partial charge in [0.2, 0.25) is 0 Å². The van der Waals surface area contributed by atoms with Gasteiger partial charge in [-0.2, -0.15) is 0 Å². The summed E-state index contributed by atoms with van der Waals surface area (Å²) in [5, 5.41) is 10.5. The zero-order valence-corrected chi connectivity index (χ0v) is 8.64. The maximum absolute atomic E-state index is 11.7. The zero-order chi connectivity index (χ0) is 11.4. The van der Waals surface area contributed by atoms with Crippen LogP contribution in [0.1, 0.15) is 17.3 Å². The largest absolute Gasteiger partial charge is 0.342 e. The highest BCUT2D eigenvalue weighted by Gasteiger charge is 2.13. The lowest BCUT2D eigenvalue weighted by molar-refractivity contribution is -0.384. The van der Waals surface area contributed by atoms with E-state index in [-0.39, 0.29) is 11.6 Å². The Morgan fingerprint density at radius 1 is 1.53 bits per heavy atom. The predicted octanol–water partition coefficient (Wildman–Crippen LogP) is 1.69. The molecule has 0 aliphatic heterocycles. The van der Waals surface area contributed by atoms with Crippen molar-refractivity contribution in [2.75, 3.05) is 13.6 Å². The van der Waals surface area contributed by atoms with E-state index in [0.717, 1.165) is 0 Å². The summed E-state index contributed by atoms with van der Waals surface area (Å²) in [5.41, 5.74) is 0.277. The van der Waals surface area contributed by atoms with E-state index in [9.17, 15) is 14.9 Å². The number of nitro benzene ring substituents is 1. The van der Waals surface area contributed by atoms with Crippen LogP contribution in [0.3, 0.4) is 0 Å². The number of hydrogen-bond acceptors (Lipinski definition) is 3. The van der Waals surface area contributed by atoms with Crippen LogP contribution in [0.4, 0.5) is 5.69 Å². The molecule has 0 bridgehead atoms. The van der Waals surface area contributed by atoms with E-state index in [1.165, 1.54) is 23.1 Å². The van der Waals surface area contributed by atoms with Crippen LogP contribution in [0.2, 0.25) is 0 Å². The molecular weight excluding hydrogens is 196 g/mol. The molecule has 0 spiro atoms. The number of carbonyl (C=O) groups excluding carboxylic acids is 1. The third kappa shape index (κ3) is 2.52. The summed E-state index contributed by atoms with van der Waals surface area (Å²) < 4.78 is 0. The van der Waals surface area contributed by atoms with Gasteiger partial charge in [-0.15, -0.1) is 0 Å². The van der Waals surface area contributed by atoms with Crippen LogP contribution in [0.5, 0.6) is 0 Å². The number of benzene rings is 1. The van der Waals surface area contributed by atoms with Gasteiger partial charge >= 0.3 is 0 Å². The minimum absolute atomic E-state index is 0.0645. The molecule has 0 heterocycles. The van der Waals surface area contributed by atoms with Crippen molar-refractivity contribution < 1.29 is 9.72 Å². The molecular formula is C10H12N2O3. The summed E-state index contributed by atoms with van der Waals surface area (Å²) in [5.74, 6) is -0.207. The minimum Gasteiger partial charge on any atom is -0.342 e. The number of hydrogen-bond donors (Lipinski definition) is 0. The van der Waals surface area contributed by atoms with E-state index in [0.29, 0.717) is 12.1 Å². The van der Waals surface area contributed by atoms with Gasteiger partial charge in [0.25, 0.3) is 11.6 Å². The SMILES string of the molecule is CCN(C)C(=O)c1cccc([N+](=O)[O-])c1. The molecule has 15 heavy (non-hydrogen) atoms. The van der Waals surface area contributed by atoms with E-state index >= 15 is 0 Å². The fraction of sp³-hybridized carbons (Fsp3) is 0.300. The average Bonchev–Trinajstić information content (AvgIpc) is 2.27. The van der Waals surface area contributed by atoms with Crippen molar-refractivity contribution in [1.29, 1.82) is 0 Å². The van der Waals surface area contributed by atoms with Gasteiger partial charge in [0, 0.05) is 31.3 Å². The number of rotatable bonds is 3. The molecule has 1 rings (SSSR count). The van der Waals surface area contributed by atoms with Gasteiger partial charge in [-0.1, -0.05) is 6.07 Å². The molecule has 0 saturated carbocycles. The van der Waals surface area contributed by atoms with Crippen LogP contribution < -0.4 is 0 Å². The lowest BCUT2D eigenvalue weighted by atomic mass is 10.2. The quantitative estimate of drug-likeness (QED) is 0.560. The van der Waals surface area contributed by atoms with Gasteiger partial charge in [-0.3, -0.25) is 14.9 Å². The average molecular weight is 208 g/mol. The highest BCUT2D eigenvalue weighted by molar-refractivity contribution is 5.94. The predicted molar refractivity (Wildman–Crippen MR) is 55.7 cm³/mol. The number of nitro groups is 1. The van der Waals surface area contributed by atoms with Crippen molar-refractivity contribution in [3.05, 3.63) is 39.9 Å². The first-order valence-corrected chi connectivity index (χ1v) is 4.56. The summed E-state index contributed by atoms with van der Waals surface area (Å²) in [7, 11) is 1.65. The molecule has 0 atom stereocenters. The molecule has 80 valence electrons. The number of non-ortho nitro benzene ring substituents is 1. The highest BCUT2D eigenvalue weighted by Crippen LogP contribution is 2.14. The monoisotopic (exact) mass is 208 g/mol. The second-order valence-electron chi connectivity index (χ2n) is 3.13. The second kappa shape index (κ2) is 4.54. The molecule has 5 heteroatoms. The molecule has 1 aromatic carbocycles. The third-order valence-electron chi connectivity index (χ3n) is 2.12. The zero-order valence-electron chi connectivity index (χ0n) is 8.64. The van der Waals surface area contributed by atoms with Crippen LogP contribution in [-0.4, -0.2) is 29.3 Å². The fourth-order valence-corrected chi connectivity index (χ4v) is 1.12. The molecule has 0 radical (unpaired) electrons. The van der Waals surface area contributed by atoms with Crippen molar-refractivity contribution in [3.8, 4) is 0 Å². The summed E-state index contributed by atoms with van der Waals surface area (Å²) in [6.45, 7) is 2.41. The summed E-state index contributed by atoms with van der Waals surface area (Å²) in [6.07, 6.45) is 0. The van der Waals surface area contributed by atoms with Gasteiger partial charge in [-0.25, -0.2) is 0 Å². The van der Waals surface area contributed by atoms with Crippen molar-refractivity contribution in [2.24, 2.45) is 0 Å². The Morgan fingerprint density at radius 2 is 2.20 bits per heavy atom. The van der Waals surface area contributed by atoms with E-state index in [1.807, 2.05) is 6.92 Å². The molecule has 0 N–H and O–H groups in total. The highest BCUT2D eigenvalue weighted by atomic mass is 16.6. The first-order valence-electron chi connectivity index (χ1n) is 4.56. The van der Waals surface area contributed by atoms with Crippen LogP contribution >= 0.6 is 0 Å². The van der Waals surface area contributed by atoms with Gasteiger partial charge in [0.1, 0.15) is 0 Å². The van der Waals surface area contributed by atoms with Gasteiger partial charge in [-0.05, 0) is 13.0 Å². The normalized spacial score (nSPS) is 9.73. The Hall–Kier alpha value is -1.91. The minimum atomic E-state index is -0.511. The Bertz CT molecular complexity index is 390. The topological polar surface area (TPSA) is 63.5 Å². The third-order valence-corrected chi connectivity index (χ3v) is 2.12. The van der Waals surface area contributed by atoms with Crippen LogP contribution in [0.15, 0.2) is 24.3 Å². The Balaban J connectivity index is 3.00. The van der Waals surface area contributed by atoms with Crippen molar-refractivity contribution >= 4 is 11.6 Å². The second-order valence-corrected chi connectivity index (χ2v) is 3.13. The van der Waals surface area contributed by atoms with Gasteiger partial charge < -0.3 is 4.90 Å². The molecule has 0 fully saturated rings. The number of amides is 1. The molecule has 0 unspecified atom stereocenters. The van der Waals surface area contributed by atoms with Crippen molar-refractivity contribution in [1.82, 2.24) is 4.90 Å². The Morgan fingerprint density at radius 3 is 2.73 bits per heavy atom. The molecule has 0 saturated heterocycles. The van der Waals surface area contributed by atoms with Crippen molar-refractivity contribution in [2.45, 2.75) is 6.92 Å². The standard InChI is InChI=1S/C10H12N2O3/c1-3-11(2)10(13)8-5-4-6-9(7-8)12(14)15/h4-7H,3H2,1-2H3. The molecule has 0 aliphatic rings. The van der Waals surface area contributed by atoms with Crippen molar-refractivity contribution in [3.63, 3.8) is 0 Å². The Labute approximate surface area is 87.5 Å². The summed E-state index contributed by atoms with van der Waals surface area (Å²) >= 11 is 0. The number of nitrogens with zero attached hydrogens (tertiary/aromatic N) is 2. The van der Waals surface area contributed by atoms with E-state index in [1.54, 1.807) is 13.1 Å². The molecule has 5 nitrogen and oxygen atoms in total. The maximum atomic E-state index is 11.7. The summed E-state index contributed by atoms with van der Waals surface area (Å²) in [6, 6.07) is 5.73. The smallest absolute Gasteiger partial charge is 0.270 e. The van der Waals surface area contributed by atoms with Crippen LogP contribution in [0, 0.1) is 10.1 Å².